The maximum absolute atomic E-state index is 13.6. The molecule has 0 fully saturated rings. The van der Waals surface area contributed by atoms with E-state index >= 15 is 0 Å². The van der Waals surface area contributed by atoms with Crippen molar-refractivity contribution in [1.29, 1.82) is 0 Å². The van der Waals surface area contributed by atoms with Gasteiger partial charge < -0.3 is 14.5 Å². The Bertz CT molecular complexity index is 1390. The fourth-order valence-electron chi connectivity index (χ4n) is 3.42. The molecule has 1 amide bonds. The van der Waals surface area contributed by atoms with Crippen molar-refractivity contribution < 1.29 is 22.4 Å². The number of carbonyl (C=O) groups excluding carboxylic acids is 1. The first kappa shape index (κ1) is 25.3. The zero-order chi connectivity index (χ0) is 25.5. The van der Waals surface area contributed by atoms with E-state index in [1.165, 1.54) is 10.6 Å². The molecule has 0 unspecified atom stereocenters. The lowest BCUT2D eigenvalue weighted by Crippen LogP contribution is -2.30. The van der Waals surface area contributed by atoms with Gasteiger partial charge in [-0.3, -0.25) is 9.10 Å². The number of amides is 1. The summed E-state index contributed by atoms with van der Waals surface area (Å²) in [4.78, 5) is 12.2. The largest absolute Gasteiger partial charge is 0.484 e. The summed E-state index contributed by atoms with van der Waals surface area (Å²) in [7, 11) is -3.86. The zero-order valence-electron chi connectivity index (χ0n) is 19.6. The average Bonchev–Trinajstić information content (AvgIpc) is 3.40. The van der Waals surface area contributed by atoms with Crippen LogP contribution in [0.4, 0.5) is 5.69 Å². The molecular weight excluding hydrogens is 500 g/mol. The van der Waals surface area contributed by atoms with Gasteiger partial charge in [-0.05, 0) is 73.2 Å². The SMILES string of the molecule is Cc1ccc(S(=O)(=O)N(Cc2ccc(Cl)cc2)c2ccc(OCC(=O)NCc3ccco3)cc2)cc1. The van der Waals surface area contributed by atoms with Gasteiger partial charge in [0.1, 0.15) is 11.5 Å². The number of nitrogens with one attached hydrogen (secondary N) is 1. The second-order valence-electron chi connectivity index (χ2n) is 8.09. The van der Waals surface area contributed by atoms with E-state index in [-0.39, 0.29) is 30.5 Å². The van der Waals surface area contributed by atoms with Crippen LogP contribution in [0.25, 0.3) is 0 Å². The van der Waals surface area contributed by atoms with Gasteiger partial charge in [0.15, 0.2) is 6.61 Å². The van der Waals surface area contributed by atoms with Crippen molar-refractivity contribution in [3.05, 3.63) is 113 Å². The predicted molar refractivity (Wildman–Crippen MR) is 138 cm³/mol. The lowest BCUT2D eigenvalue weighted by atomic mass is 10.2. The van der Waals surface area contributed by atoms with Crippen molar-refractivity contribution in [3.8, 4) is 5.75 Å². The van der Waals surface area contributed by atoms with E-state index in [1.807, 2.05) is 6.92 Å². The van der Waals surface area contributed by atoms with Gasteiger partial charge in [0.05, 0.1) is 29.9 Å². The minimum atomic E-state index is -3.86. The third kappa shape index (κ3) is 6.47. The first-order valence-electron chi connectivity index (χ1n) is 11.2. The molecule has 4 rings (SSSR count). The molecule has 1 aromatic heterocycles. The van der Waals surface area contributed by atoms with E-state index in [4.69, 9.17) is 20.8 Å². The number of sulfonamides is 1. The predicted octanol–water partition coefficient (Wildman–Crippen LogP) is 5.33. The van der Waals surface area contributed by atoms with Gasteiger partial charge >= 0.3 is 0 Å². The second kappa shape index (κ2) is 11.3. The van der Waals surface area contributed by atoms with Crippen LogP contribution in [0.1, 0.15) is 16.9 Å². The molecule has 0 saturated heterocycles. The molecule has 7 nitrogen and oxygen atoms in total. The normalized spacial score (nSPS) is 11.2. The number of halogens is 1. The highest BCUT2D eigenvalue weighted by Crippen LogP contribution is 2.28. The van der Waals surface area contributed by atoms with Crippen molar-refractivity contribution in [2.45, 2.75) is 24.9 Å². The Hall–Kier alpha value is -3.75. The Morgan fingerprint density at radius 1 is 0.972 bits per heavy atom. The molecule has 1 N–H and O–H groups in total. The summed E-state index contributed by atoms with van der Waals surface area (Å²) >= 11 is 6.00. The smallest absolute Gasteiger partial charge is 0.264 e. The summed E-state index contributed by atoms with van der Waals surface area (Å²) in [5.41, 5.74) is 2.21. The van der Waals surface area contributed by atoms with Gasteiger partial charge in [-0.1, -0.05) is 41.4 Å². The van der Waals surface area contributed by atoms with Crippen molar-refractivity contribution in [3.63, 3.8) is 0 Å². The number of furan rings is 1. The molecule has 36 heavy (non-hydrogen) atoms. The highest BCUT2D eigenvalue weighted by atomic mass is 35.5. The van der Waals surface area contributed by atoms with Crippen LogP contribution in [-0.4, -0.2) is 20.9 Å². The molecule has 9 heteroatoms. The molecule has 0 saturated carbocycles. The topological polar surface area (TPSA) is 88.8 Å². The number of hydrogen-bond donors (Lipinski definition) is 1. The molecular formula is C27H25ClN2O5S. The van der Waals surface area contributed by atoms with Crippen LogP contribution in [-0.2, 0) is 27.9 Å². The van der Waals surface area contributed by atoms with Crippen LogP contribution >= 0.6 is 11.6 Å². The minimum absolute atomic E-state index is 0.114. The van der Waals surface area contributed by atoms with E-state index in [0.29, 0.717) is 22.2 Å². The zero-order valence-corrected chi connectivity index (χ0v) is 21.1. The number of benzene rings is 3. The number of ether oxygens (including phenoxy) is 1. The van der Waals surface area contributed by atoms with Gasteiger partial charge in [-0.25, -0.2) is 8.42 Å². The highest BCUT2D eigenvalue weighted by Gasteiger charge is 2.25. The molecule has 0 spiro atoms. The summed E-state index contributed by atoms with van der Waals surface area (Å²) in [6, 6.07) is 23.8. The Morgan fingerprint density at radius 3 is 2.31 bits per heavy atom. The molecule has 0 atom stereocenters. The monoisotopic (exact) mass is 524 g/mol. The average molecular weight is 525 g/mol. The van der Waals surface area contributed by atoms with Gasteiger partial charge in [0.2, 0.25) is 0 Å². The first-order valence-corrected chi connectivity index (χ1v) is 13.0. The van der Waals surface area contributed by atoms with Crippen molar-refractivity contribution in [1.82, 2.24) is 5.32 Å². The fraction of sp³-hybridized carbons (Fsp3) is 0.148. The van der Waals surface area contributed by atoms with Crippen LogP contribution in [0.15, 0.2) is 101 Å². The summed E-state index contributed by atoms with van der Waals surface area (Å²) in [5, 5.41) is 3.27. The van der Waals surface area contributed by atoms with Crippen LogP contribution in [0.3, 0.4) is 0 Å². The van der Waals surface area contributed by atoms with Crippen molar-refractivity contribution in [2.24, 2.45) is 0 Å². The number of anilines is 1. The molecule has 1 heterocycles. The number of carbonyl (C=O) groups is 1. The van der Waals surface area contributed by atoms with Crippen LogP contribution in [0.2, 0.25) is 5.02 Å². The standard InChI is InChI=1S/C27H25ClN2O5S/c1-20-4-14-26(15-5-20)36(32,33)30(18-21-6-8-22(28)9-7-21)23-10-12-24(13-11-23)35-19-27(31)29-17-25-3-2-16-34-25/h2-16H,17-19H2,1H3,(H,29,31). The Kier molecular flexibility index (Phi) is 7.97. The van der Waals surface area contributed by atoms with Gasteiger partial charge in [0.25, 0.3) is 15.9 Å². The van der Waals surface area contributed by atoms with E-state index in [1.54, 1.807) is 84.9 Å². The van der Waals surface area contributed by atoms with E-state index < -0.39 is 10.0 Å². The molecule has 3 aromatic carbocycles. The summed E-state index contributed by atoms with van der Waals surface area (Å²) in [5.74, 6) is 0.774. The Morgan fingerprint density at radius 2 is 1.67 bits per heavy atom. The van der Waals surface area contributed by atoms with Crippen LogP contribution < -0.4 is 14.4 Å². The number of nitrogens with zero attached hydrogens (tertiary/aromatic N) is 1. The Balaban J connectivity index is 1.50. The van der Waals surface area contributed by atoms with Gasteiger partial charge in [-0.2, -0.15) is 0 Å². The summed E-state index contributed by atoms with van der Waals surface area (Å²) in [6.45, 7) is 2.10. The number of aryl methyl sites for hydroxylation is 1. The molecule has 0 radical (unpaired) electrons. The molecule has 0 aliphatic carbocycles. The number of hydrogen-bond acceptors (Lipinski definition) is 5. The first-order chi connectivity index (χ1) is 17.3. The second-order valence-corrected chi connectivity index (χ2v) is 10.4. The molecule has 4 aromatic rings. The van der Waals surface area contributed by atoms with Crippen molar-refractivity contribution in [2.75, 3.05) is 10.9 Å². The molecule has 0 bridgehead atoms. The highest BCUT2D eigenvalue weighted by molar-refractivity contribution is 7.92. The van der Waals surface area contributed by atoms with E-state index in [0.717, 1.165) is 11.1 Å². The molecule has 0 aliphatic heterocycles. The van der Waals surface area contributed by atoms with Crippen LogP contribution in [0, 0.1) is 6.92 Å². The third-order valence-electron chi connectivity index (χ3n) is 5.38. The number of rotatable bonds is 10. The Labute approximate surface area is 215 Å². The fourth-order valence-corrected chi connectivity index (χ4v) is 4.99. The molecule has 0 aliphatic rings. The summed E-state index contributed by atoms with van der Waals surface area (Å²) < 4.78 is 39.3. The summed E-state index contributed by atoms with van der Waals surface area (Å²) in [6.07, 6.45) is 1.54. The minimum Gasteiger partial charge on any atom is -0.484 e. The van der Waals surface area contributed by atoms with Gasteiger partial charge in [0, 0.05) is 5.02 Å². The molecule has 186 valence electrons. The maximum Gasteiger partial charge on any atom is 0.264 e. The van der Waals surface area contributed by atoms with E-state index in [9.17, 15) is 13.2 Å². The van der Waals surface area contributed by atoms with E-state index in [2.05, 4.69) is 5.32 Å². The maximum atomic E-state index is 13.6. The lowest BCUT2D eigenvalue weighted by Gasteiger charge is -2.25. The van der Waals surface area contributed by atoms with Crippen LogP contribution in [0.5, 0.6) is 5.75 Å². The van der Waals surface area contributed by atoms with Crippen molar-refractivity contribution >= 4 is 33.2 Å². The quantitative estimate of drug-likeness (QED) is 0.303. The van der Waals surface area contributed by atoms with Gasteiger partial charge in [-0.15, -0.1) is 0 Å². The lowest BCUT2D eigenvalue weighted by molar-refractivity contribution is -0.123. The third-order valence-corrected chi connectivity index (χ3v) is 7.42.